The van der Waals surface area contributed by atoms with Gasteiger partial charge in [0.15, 0.2) is 0 Å². The smallest absolute Gasteiger partial charge is 0.306 e. The lowest BCUT2D eigenvalue weighted by Gasteiger charge is -2.37. The van der Waals surface area contributed by atoms with Gasteiger partial charge in [-0.05, 0) is 67.6 Å². The zero-order valence-corrected chi connectivity index (χ0v) is 8.93. The van der Waals surface area contributed by atoms with E-state index in [4.69, 9.17) is 0 Å². The van der Waals surface area contributed by atoms with Crippen molar-refractivity contribution in [3.63, 3.8) is 0 Å². The van der Waals surface area contributed by atoms with Crippen LogP contribution in [0.1, 0.15) is 32.1 Å². The maximum absolute atomic E-state index is 11.2. The molecule has 2 nitrogen and oxygen atoms in total. The van der Waals surface area contributed by atoms with Gasteiger partial charge in [0, 0.05) is 0 Å². The van der Waals surface area contributed by atoms with Crippen molar-refractivity contribution in [1.29, 1.82) is 0 Å². The summed E-state index contributed by atoms with van der Waals surface area (Å²) in [5.41, 5.74) is 0. The molecule has 0 spiro atoms. The molecule has 4 saturated carbocycles. The molecule has 1 N–H and O–H groups in total. The highest BCUT2D eigenvalue weighted by atomic mass is 16.4. The largest absolute Gasteiger partial charge is 0.481 e. The Morgan fingerprint density at radius 1 is 0.933 bits per heavy atom. The van der Waals surface area contributed by atoms with Gasteiger partial charge in [-0.25, -0.2) is 0 Å². The second-order valence-corrected chi connectivity index (χ2v) is 6.33. The van der Waals surface area contributed by atoms with Crippen molar-refractivity contribution in [2.75, 3.05) is 0 Å². The number of carbonyl (C=O) groups is 1. The molecule has 0 aliphatic heterocycles. The van der Waals surface area contributed by atoms with Crippen LogP contribution in [0.2, 0.25) is 0 Å². The molecule has 4 fully saturated rings. The third-order valence-corrected chi connectivity index (χ3v) is 6.05. The average molecular weight is 206 g/mol. The fraction of sp³-hybridized carbons (Fsp3) is 0.923. The van der Waals surface area contributed by atoms with Gasteiger partial charge in [-0.2, -0.15) is 0 Å². The lowest BCUT2D eigenvalue weighted by molar-refractivity contribution is -0.145. The molecule has 4 rings (SSSR count). The minimum Gasteiger partial charge on any atom is -0.481 e. The van der Waals surface area contributed by atoms with Crippen molar-refractivity contribution in [3.05, 3.63) is 0 Å². The Morgan fingerprint density at radius 2 is 1.67 bits per heavy atom. The first-order chi connectivity index (χ1) is 7.25. The fourth-order valence-electron chi connectivity index (χ4n) is 5.85. The summed E-state index contributed by atoms with van der Waals surface area (Å²) in [4.78, 5) is 11.2. The molecule has 4 aliphatic rings. The molecule has 0 aromatic rings. The number of aliphatic carboxylic acids is 1. The molecular weight excluding hydrogens is 188 g/mol. The Hall–Kier alpha value is -0.530. The van der Waals surface area contributed by atoms with Gasteiger partial charge in [-0.15, -0.1) is 0 Å². The van der Waals surface area contributed by atoms with E-state index in [-0.39, 0.29) is 5.92 Å². The maximum Gasteiger partial charge on any atom is 0.306 e. The number of hydrogen-bond acceptors (Lipinski definition) is 1. The SMILES string of the molecule is O=C(O)C1CC2CC1C1C3CCC(C3)C21. The van der Waals surface area contributed by atoms with Crippen LogP contribution in [0.3, 0.4) is 0 Å². The predicted octanol–water partition coefficient (Wildman–Crippen LogP) is 2.39. The molecule has 0 amide bonds. The fourth-order valence-corrected chi connectivity index (χ4v) is 5.85. The second kappa shape index (κ2) is 2.58. The van der Waals surface area contributed by atoms with Crippen LogP contribution in [0.25, 0.3) is 0 Å². The van der Waals surface area contributed by atoms with Gasteiger partial charge in [-0.3, -0.25) is 4.79 Å². The highest BCUT2D eigenvalue weighted by molar-refractivity contribution is 5.71. The van der Waals surface area contributed by atoms with Gasteiger partial charge in [0.2, 0.25) is 0 Å². The van der Waals surface area contributed by atoms with Gasteiger partial charge >= 0.3 is 5.97 Å². The minimum absolute atomic E-state index is 0.0237. The standard InChI is InChI=1S/C13H18O2/c14-13(15)10-5-8-4-9(10)12-7-2-1-6(3-7)11(8)12/h6-12H,1-5H2,(H,14,15). The van der Waals surface area contributed by atoms with Crippen LogP contribution in [0.4, 0.5) is 0 Å². The summed E-state index contributed by atoms with van der Waals surface area (Å²) in [6.07, 6.45) is 6.55. The van der Waals surface area contributed by atoms with Crippen molar-refractivity contribution in [3.8, 4) is 0 Å². The predicted molar refractivity (Wildman–Crippen MR) is 55.2 cm³/mol. The van der Waals surface area contributed by atoms with E-state index in [9.17, 15) is 9.90 Å². The molecule has 82 valence electrons. The monoisotopic (exact) mass is 206 g/mol. The number of rotatable bonds is 1. The normalized spacial score (nSPS) is 59.9. The molecule has 7 atom stereocenters. The molecule has 0 saturated heterocycles. The van der Waals surface area contributed by atoms with Gasteiger partial charge in [-0.1, -0.05) is 0 Å². The molecule has 0 aromatic heterocycles. The maximum atomic E-state index is 11.2. The second-order valence-electron chi connectivity index (χ2n) is 6.33. The van der Waals surface area contributed by atoms with E-state index >= 15 is 0 Å². The molecule has 0 radical (unpaired) electrons. The van der Waals surface area contributed by atoms with Crippen LogP contribution in [-0.2, 0) is 4.79 Å². The molecule has 4 aliphatic carbocycles. The molecule has 0 aromatic carbocycles. The Labute approximate surface area is 90.1 Å². The van der Waals surface area contributed by atoms with E-state index in [0.29, 0.717) is 5.92 Å². The summed E-state index contributed by atoms with van der Waals surface area (Å²) in [6, 6.07) is 0. The Bertz CT molecular complexity index is 324. The van der Waals surface area contributed by atoms with Gasteiger partial charge in [0.05, 0.1) is 5.92 Å². The molecule has 0 heterocycles. The van der Waals surface area contributed by atoms with Crippen LogP contribution in [0, 0.1) is 41.4 Å². The quantitative estimate of drug-likeness (QED) is 0.669. The first-order valence-electron chi connectivity index (χ1n) is 6.48. The zero-order chi connectivity index (χ0) is 10.2. The first kappa shape index (κ1) is 8.60. The average Bonchev–Trinajstić information content (AvgIpc) is 2.95. The lowest BCUT2D eigenvalue weighted by Crippen LogP contribution is -2.35. The minimum atomic E-state index is -0.510. The van der Waals surface area contributed by atoms with Gasteiger partial charge in [0.1, 0.15) is 0 Å². The molecule has 7 unspecified atom stereocenters. The molecule has 4 bridgehead atoms. The lowest BCUT2D eigenvalue weighted by atomic mass is 9.67. The van der Waals surface area contributed by atoms with Crippen LogP contribution in [-0.4, -0.2) is 11.1 Å². The summed E-state index contributed by atoms with van der Waals surface area (Å²) in [6.45, 7) is 0. The summed E-state index contributed by atoms with van der Waals surface area (Å²) >= 11 is 0. The topological polar surface area (TPSA) is 37.3 Å². The Morgan fingerprint density at radius 3 is 2.40 bits per heavy atom. The molecule has 15 heavy (non-hydrogen) atoms. The van der Waals surface area contributed by atoms with E-state index in [1.165, 1.54) is 25.7 Å². The first-order valence-corrected chi connectivity index (χ1v) is 6.48. The highest BCUT2D eigenvalue weighted by Crippen LogP contribution is 2.68. The third kappa shape index (κ3) is 0.896. The van der Waals surface area contributed by atoms with E-state index in [2.05, 4.69) is 0 Å². The number of fused-ring (bicyclic) bond motifs is 9. The Balaban J connectivity index is 1.68. The number of carboxylic acid groups (broad SMARTS) is 1. The van der Waals surface area contributed by atoms with Crippen LogP contribution in [0.15, 0.2) is 0 Å². The van der Waals surface area contributed by atoms with E-state index in [1.807, 2.05) is 0 Å². The van der Waals surface area contributed by atoms with Crippen molar-refractivity contribution in [2.45, 2.75) is 32.1 Å². The number of carboxylic acids is 1. The summed E-state index contributed by atoms with van der Waals surface area (Å²) in [7, 11) is 0. The van der Waals surface area contributed by atoms with E-state index in [1.54, 1.807) is 0 Å². The van der Waals surface area contributed by atoms with Crippen molar-refractivity contribution >= 4 is 5.97 Å². The zero-order valence-electron chi connectivity index (χ0n) is 8.93. The van der Waals surface area contributed by atoms with Crippen molar-refractivity contribution in [1.82, 2.24) is 0 Å². The molecular formula is C13H18O2. The van der Waals surface area contributed by atoms with Crippen LogP contribution < -0.4 is 0 Å². The summed E-state index contributed by atoms with van der Waals surface area (Å²) in [5.74, 6) is 4.54. The van der Waals surface area contributed by atoms with Crippen molar-refractivity contribution in [2.24, 2.45) is 41.4 Å². The van der Waals surface area contributed by atoms with Crippen molar-refractivity contribution < 1.29 is 9.90 Å². The van der Waals surface area contributed by atoms with Crippen LogP contribution >= 0.6 is 0 Å². The molecule has 2 heteroatoms. The number of hydrogen-bond donors (Lipinski definition) is 1. The summed E-state index contributed by atoms with van der Waals surface area (Å²) < 4.78 is 0. The van der Waals surface area contributed by atoms with E-state index < -0.39 is 5.97 Å². The van der Waals surface area contributed by atoms with Gasteiger partial charge < -0.3 is 5.11 Å². The Kier molecular flexibility index (Phi) is 1.48. The third-order valence-electron chi connectivity index (χ3n) is 6.05. The van der Waals surface area contributed by atoms with E-state index in [0.717, 1.165) is 36.0 Å². The van der Waals surface area contributed by atoms with Gasteiger partial charge in [0.25, 0.3) is 0 Å². The highest BCUT2D eigenvalue weighted by Gasteiger charge is 2.63. The summed E-state index contributed by atoms with van der Waals surface area (Å²) in [5, 5.41) is 9.23. The van der Waals surface area contributed by atoms with Crippen LogP contribution in [0.5, 0.6) is 0 Å².